The molecule has 0 aliphatic carbocycles. The number of aromatic nitrogens is 4. The number of H-pyrrole nitrogens is 1. The average Bonchev–Trinajstić information content (AvgIpc) is 3.12. The molecule has 1 N–H and O–H groups in total. The fourth-order valence-electron chi connectivity index (χ4n) is 3.47. The van der Waals surface area contributed by atoms with Crippen LogP contribution >= 0.6 is 0 Å². The first-order valence-corrected chi connectivity index (χ1v) is 8.54. The fourth-order valence-corrected chi connectivity index (χ4v) is 3.47. The normalized spacial score (nSPS) is 17.5. The lowest BCUT2D eigenvalue weighted by molar-refractivity contribution is -0.130. The first-order chi connectivity index (χ1) is 11.4. The van der Waals surface area contributed by atoms with Gasteiger partial charge in [-0.2, -0.15) is 5.10 Å². The van der Waals surface area contributed by atoms with Gasteiger partial charge in [0.15, 0.2) is 0 Å². The molecule has 3 heterocycles. The summed E-state index contributed by atoms with van der Waals surface area (Å²) < 4.78 is 0. The smallest absolute Gasteiger partial charge is 0.222 e. The third kappa shape index (κ3) is 3.47. The van der Waals surface area contributed by atoms with E-state index < -0.39 is 0 Å². The van der Waals surface area contributed by atoms with Crippen LogP contribution in [0.15, 0.2) is 6.07 Å². The zero-order chi connectivity index (χ0) is 17.3. The third-order valence-corrected chi connectivity index (χ3v) is 4.78. The first kappa shape index (κ1) is 16.6. The van der Waals surface area contributed by atoms with Gasteiger partial charge in [-0.1, -0.05) is 0 Å². The number of hydrogen-bond acceptors (Lipinski definition) is 4. The van der Waals surface area contributed by atoms with Crippen molar-refractivity contribution < 1.29 is 4.79 Å². The molecule has 1 fully saturated rings. The van der Waals surface area contributed by atoms with Crippen molar-refractivity contribution in [2.24, 2.45) is 0 Å². The molecule has 2 aromatic heterocycles. The van der Waals surface area contributed by atoms with Crippen molar-refractivity contribution in [3.8, 4) is 0 Å². The molecule has 1 atom stereocenters. The molecule has 0 spiro atoms. The number of nitrogens with one attached hydrogen (secondary N) is 1. The molecule has 0 bridgehead atoms. The lowest BCUT2D eigenvalue weighted by Crippen LogP contribution is -2.29. The number of hydrogen-bond donors (Lipinski definition) is 1. The molecule has 128 valence electrons. The van der Waals surface area contributed by atoms with Crippen molar-refractivity contribution in [3.05, 3.63) is 40.2 Å². The number of aryl methyl sites for hydroxylation is 4. The highest BCUT2D eigenvalue weighted by atomic mass is 16.2. The lowest BCUT2D eigenvalue weighted by Gasteiger charge is -2.16. The van der Waals surface area contributed by atoms with E-state index in [0.717, 1.165) is 60.1 Å². The maximum Gasteiger partial charge on any atom is 0.222 e. The van der Waals surface area contributed by atoms with Gasteiger partial charge in [0.2, 0.25) is 5.91 Å². The molecule has 0 saturated carbocycles. The van der Waals surface area contributed by atoms with Gasteiger partial charge in [0.1, 0.15) is 5.82 Å². The summed E-state index contributed by atoms with van der Waals surface area (Å²) in [6, 6.07) is 1.98. The average molecular weight is 327 g/mol. The van der Waals surface area contributed by atoms with Crippen LogP contribution in [0.2, 0.25) is 0 Å². The maximum absolute atomic E-state index is 12.5. The Morgan fingerprint density at radius 2 is 1.96 bits per heavy atom. The Bertz CT molecular complexity index is 712. The summed E-state index contributed by atoms with van der Waals surface area (Å²) in [5.74, 6) is 1.34. The molecule has 6 nitrogen and oxygen atoms in total. The first-order valence-electron chi connectivity index (χ1n) is 8.54. The lowest BCUT2D eigenvalue weighted by atomic mass is 10.1. The Labute approximate surface area is 142 Å². The Morgan fingerprint density at radius 1 is 1.25 bits per heavy atom. The summed E-state index contributed by atoms with van der Waals surface area (Å²) >= 11 is 0. The standard InChI is InChI=1S/C18H25N5O/c1-11-9-12(2)20-18(19-11)15-7-8-23(10-15)17(24)6-5-16-13(3)21-22-14(16)4/h9,15H,5-8,10H2,1-4H3,(H,21,22). The monoisotopic (exact) mass is 327 g/mol. The molecule has 0 radical (unpaired) electrons. The number of carbonyl (C=O) groups excluding carboxylic acids is 1. The number of rotatable bonds is 4. The van der Waals surface area contributed by atoms with Crippen LogP contribution in [-0.2, 0) is 11.2 Å². The molecule has 6 heteroatoms. The topological polar surface area (TPSA) is 74.8 Å². The van der Waals surface area contributed by atoms with Gasteiger partial charge in [-0.05, 0) is 52.2 Å². The summed E-state index contributed by atoms with van der Waals surface area (Å²) in [6.07, 6.45) is 2.22. The van der Waals surface area contributed by atoms with E-state index in [9.17, 15) is 4.79 Å². The second kappa shape index (κ2) is 6.71. The van der Waals surface area contributed by atoms with Crippen LogP contribution in [0.4, 0.5) is 0 Å². The van der Waals surface area contributed by atoms with E-state index in [1.807, 2.05) is 38.7 Å². The third-order valence-electron chi connectivity index (χ3n) is 4.78. The predicted molar refractivity (Wildman–Crippen MR) is 91.8 cm³/mol. The molecule has 3 rings (SSSR count). The highest BCUT2D eigenvalue weighted by molar-refractivity contribution is 5.77. The minimum atomic E-state index is 0.210. The minimum absolute atomic E-state index is 0.210. The summed E-state index contributed by atoms with van der Waals surface area (Å²) in [5, 5.41) is 7.17. The Morgan fingerprint density at radius 3 is 2.58 bits per heavy atom. The quantitative estimate of drug-likeness (QED) is 0.935. The predicted octanol–water partition coefficient (Wildman–Crippen LogP) is 2.38. The van der Waals surface area contributed by atoms with Crippen LogP contribution in [0.25, 0.3) is 0 Å². The van der Waals surface area contributed by atoms with Crippen molar-refractivity contribution in [3.63, 3.8) is 0 Å². The molecular weight excluding hydrogens is 302 g/mol. The largest absolute Gasteiger partial charge is 0.342 e. The van der Waals surface area contributed by atoms with Crippen molar-refractivity contribution in [1.29, 1.82) is 0 Å². The Balaban J connectivity index is 1.60. The molecule has 1 aliphatic rings. The van der Waals surface area contributed by atoms with E-state index >= 15 is 0 Å². The van der Waals surface area contributed by atoms with Crippen LogP contribution in [0, 0.1) is 27.7 Å². The van der Waals surface area contributed by atoms with Gasteiger partial charge in [-0.25, -0.2) is 9.97 Å². The van der Waals surface area contributed by atoms with Crippen molar-refractivity contribution in [2.45, 2.75) is 52.9 Å². The van der Waals surface area contributed by atoms with Gasteiger partial charge in [0.25, 0.3) is 0 Å². The molecule has 24 heavy (non-hydrogen) atoms. The van der Waals surface area contributed by atoms with Crippen LogP contribution in [0.3, 0.4) is 0 Å². The zero-order valence-corrected chi connectivity index (χ0v) is 14.9. The maximum atomic E-state index is 12.5. The summed E-state index contributed by atoms with van der Waals surface area (Å²) in [6.45, 7) is 9.49. The number of aromatic amines is 1. The molecule has 1 unspecified atom stereocenters. The Kier molecular flexibility index (Phi) is 4.64. The highest BCUT2D eigenvalue weighted by Gasteiger charge is 2.29. The van der Waals surface area contributed by atoms with E-state index in [-0.39, 0.29) is 11.8 Å². The molecular formula is C18H25N5O. The number of carbonyl (C=O) groups is 1. The zero-order valence-electron chi connectivity index (χ0n) is 14.9. The second-order valence-corrected chi connectivity index (χ2v) is 6.75. The van der Waals surface area contributed by atoms with E-state index in [1.165, 1.54) is 0 Å². The Hall–Kier alpha value is -2.24. The van der Waals surface area contributed by atoms with Gasteiger partial charge in [0.05, 0.1) is 5.69 Å². The van der Waals surface area contributed by atoms with E-state index in [1.54, 1.807) is 0 Å². The van der Waals surface area contributed by atoms with Gasteiger partial charge < -0.3 is 4.90 Å². The second-order valence-electron chi connectivity index (χ2n) is 6.75. The number of nitrogens with zero attached hydrogens (tertiary/aromatic N) is 4. The van der Waals surface area contributed by atoms with Crippen molar-refractivity contribution in [2.75, 3.05) is 13.1 Å². The van der Waals surface area contributed by atoms with Crippen LogP contribution in [0.5, 0.6) is 0 Å². The summed E-state index contributed by atoms with van der Waals surface area (Å²) in [7, 11) is 0. The SMILES string of the molecule is Cc1cc(C)nc(C2CCN(C(=O)CCc3c(C)n[nH]c3C)C2)n1. The summed E-state index contributed by atoms with van der Waals surface area (Å²) in [4.78, 5) is 23.6. The van der Waals surface area contributed by atoms with Crippen LogP contribution < -0.4 is 0 Å². The van der Waals surface area contributed by atoms with Crippen molar-refractivity contribution >= 4 is 5.91 Å². The van der Waals surface area contributed by atoms with Crippen LogP contribution in [0.1, 0.15) is 52.9 Å². The van der Waals surface area contributed by atoms with Gasteiger partial charge >= 0.3 is 0 Å². The minimum Gasteiger partial charge on any atom is -0.342 e. The van der Waals surface area contributed by atoms with Crippen LogP contribution in [-0.4, -0.2) is 44.1 Å². The van der Waals surface area contributed by atoms with E-state index in [0.29, 0.717) is 6.42 Å². The highest BCUT2D eigenvalue weighted by Crippen LogP contribution is 2.26. The molecule has 1 aliphatic heterocycles. The summed E-state index contributed by atoms with van der Waals surface area (Å²) in [5.41, 5.74) is 5.20. The fraction of sp³-hybridized carbons (Fsp3) is 0.556. The van der Waals surface area contributed by atoms with E-state index in [2.05, 4.69) is 20.2 Å². The van der Waals surface area contributed by atoms with Gasteiger partial charge in [-0.15, -0.1) is 0 Å². The number of likely N-dealkylation sites (tertiary alicyclic amines) is 1. The van der Waals surface area contributed by atoms with E-state index in [4.69, 9.17) is 0 Å². The van der Waals surface area contributed by atoms with Gasteiger partial charge in [0, 0.05) is 42.5 Å². The van der Waals surface area contributed by atoms with Crippen molar-refractivity contribution in [1.82, 2.24) is 25.1 Å². The number of amides is 1. The molecule has 0 aromatic carbocycles. The molecule has 2 aromatic rings. The van der Waals surface area contributed by atoms with Gasteiger partial charge in [-0.3, -0.25) is 9.89 Å². The molecule has 1 amide bonds. The molecule has 1 saturated heterocycles.